The number of rotatable bonds is 7. The predicted molar refractivity (Wildman–Crippen MR) is 76.5 cm³/mol. The maximum atomic E-state index is 12.2. The number of hydrogen-bond donors (Lipinski definition) is 0. The minimum absolute atomic E-state index is 0.379. The third-order valence-corrected chi connectivity index (χ3v) is 4.01. The maximum absolute atomic E-state index is 12.2. The highest BCUT2D eigenvalue weighted by molar-refractivity contribution is 9.09. The van der Waals surface area contributed by atoms with E-state index in [4.69, 9.17) is 0 Å². The van der Waals surface area contributed by atoms with Gasteiger partial charge < -0.3 is 4.90 Å². The van der Waals surface area contributed by atoms with Gasteiger partial charge in [0.2, 0.25) is 5.91 Å². The van der Waals surface area contributed by atoms with Crippen LogP contribution in [0.15, 0.2) is 0 Å². The van der Waals surface area contributed by atoms with E-state index in [1.807, 2.05) is 0 Å². The molecule has 3 heteroatoms. The molecular weight excluding hydrogens is 278 g/mol. The Balaban J connectivity index is 2.42. The molecule has 0 aromatic rings. The van der Waals surface area contributed by atoms with Gasteiger partial charge in [-0.1, -0.05) is 55.0 Å². The van der Waals surface area contributed by atoms with Gasteiger partial charge in [0, 0.05) is 24.3 Å². The van der Waals surface area contributed by atoms with Gasteiger partial charge in [-0.25, -0.2) is 0 Å². The summed E-state index contributed by atoms with van der Waals surface area (Å²) in [6.45, 7) is 3.07. The van der Waals surface area contributed by atoms with Crippen LogP contribution in [0.2, 0.25) is 0 Å². The minimum Gasteiger partial charge on any atom is -0.339 e. The molecule has 1 aliphatic carbocycles. The summed E-state index contributed by atoms with van der Waals surface area (Å²) in [4.78, 5) is 14.4. The molecule has 0 heterocycles. The third kappa shape index (κ3) is 5.41. The SMILES string of the molecule is CCCCCC(=O)N(CCBr)C1CCCCC1. The van der Waals surface area contributed by atoms with Crippen LogP contribution >= 0.6 is 15.9 Å². The Morgan fingerprint density at radius 3 is 2.53 bits per heavy atom. The number of amides is 1. The molecule has 2 nitrogen and oxygen atoms in total. The lowest BCUT2D eigenvalue weighted by Crippen LogP contribution is -2.42. The lowest BCUT2D eigenvalue weighted by atomic mass is 9.94. The van der Waals surface area contributed by atoms with Crippen molar-refractivity contribution < 1.29 is 4.79 Å². The second-order valence-corrected chi connectivity index (χ2v) is 5.82. The van der Waals surface area contributed by atoms with E-state index in [0.717, 1.165) is 24.7 Å². The summed E-state index contributed by atoms with van der Waals surface area (Å²) in [5, 5.41) is 0.906. The topological polar surface area (TPSA) is 20.3 Å². The van der Waals surface area contributed by atoms with Crippen LogP contribution < -0.4 is 0 Å². The van der Waals surface area contributed by atoms with Crippen molar-refractivity contribution in [2.24, 2.45) is 0 Å². The van der Waals surface area contributed by atoms with Gasteiger partial charge in [0.05, 0.1) is 0 Å². The zero-order valence-electron chi connectivity index (χ0n) is 11.1. The second kappa shape index (κ2) is 8.96. The Hall–Kier alpha value is -0.0500. The van der Waals surface area contributed by atoms with Crippen LogP contribution in [-0.2, 0) is 4.79 Å². The molecule has 0 radical (unpaired) electrons. The summed E-state index contributed by atoms with van der Waals surface area (Å²) >= 11 is 3.47. The first-order chi connectivity index (χ1) is 8.29. The Bertz CT molecular complexity index is 214. The molecule has 100 valence electrons. The Kier molecular flexibility index (Phi) is 7.91. The largest absolute Gasteiger partial charge is 0.339 e. The van der Waals surface area contributed by atoms with Gasteiger partial charge in [-0.15, -0.1) is 0 Å². The molecule has 0 N–H and O–H groups in total. The van der Waals surface area contributed by atoms with Gasteiger partial charge in [-0.2, -0.15) is 0 Å². The molecule has 0 bridgehead atoms. The minimum atomic E-state index is 0.379. The molecule has 1 amide bonds. The van der Waals surface area contributed by atoms with Crippen LogP contribution in [0.4, 0.5) is 0 Å². The number of unbranched alkanes of at least 4 members (excludes halogenated alkanes) is 2. The zero-order chi connectivity index (χ0) is 12.5. The Labute approximate surface area is 114 Å². The average Bonchev–Trinajstić information content (AvgIpc) is 2.37. The first-order valence-electron chi connectivity index (χ1n) is 7.15. The molecule has 0 atom stereocenters. The van der Waals surface area contributed by atoms with Crippen molar-refractivity contribution in [3.05, 3.63) is 0 Å². The fourth-order valence-corrected chi connectivity index (χ4v) is 3.05. The van der Waals surface area contributed by atoms with Gasteiger partial charge in [0.25, 0.3) is 0 Å². The standard InChI is InChI=1S/C14H26BrNO/c1-2-3-5-10-14(17)16(12-11-15)13-8-6-4-7-9-13/h13H,2-12H2,1H3. The smallest absolute Gasteiger partial charge is 0.222 e. The normalized spacial score (nSPS) is 17.1. The van der Waals surface area contributed by atoms with Crippen molar-refractivity contribution in [1.29, 1.82) is 0 Å². The van der Waals surface area contributed by atoms with E-state index in [-0.39, 0.29) is 0 Å². The lowest BCUT2D eigenvalue weighted by Gasteiger charge is -2.34. The first kappa shape index (κ1) is 15.0. The average molecular weight is 304 g/mol. The van der Waals surface area contributed by atoms with E-state index in [0.29, 0.717) is 11.9 Å². The third-order valence-electron chi connectivity index (χ3n) is 3.66. The summed E-state index contributed by atoms with van der Waals surface area (Å²) in [5.41, 5.74) is 0. The van der Waals surface area contributed by atoms with E-state index in [9.17, 15) is 4.79 Å². The van der Waals surface area contributed by atoms with Gasteiger partial charge in [0.15, 0.2) is 0 Å². The van der Waals surface area contributed by atoms with Crippen LogP contribution in [0.5, 0.6) is 0 Å². The molecular formula is C14H26BrNO. The summed E-state index contributed by atoms with van der Waals surface area (Å²) in [7, 11) is 0. The lowest BCUT2D eigenvalue weighted by molar-refractivity contribution is -0.134. The van der Waals surface area contributed by atoms with Crippen LogP contribution in [0, 0.1) is 0 Å². The molecule has 1 rings (SSSR count). The van der Waals surface area contributed by atoms with E-state index in [1.165, 1.54) is 44.9 Å². The van der Waals surface area contributed by atoms with E-state index in [1.54, 1.807) is 0 Å². The number of carbonyl (C=O) groups excluding carboxylic acids is 1. The molecule has 0 saturated heterocycles. The second-order valence-electron chi connectivity index (χ2n) is 5.03. The van der Waals surface area contributed by atoms with E-state index >= 15 is 0 Å². The monoisotopic (exact) mass is 303 g/mol. The van der Waals surface area contributed by atoms with Crippen LogP contribution in [0.25, 0.3) is 0 Å². The fraction of sp³-hybridized carbons (Fsp3) is 0.929. The Morgan fingerprint density at radius 1 is 1.24 bits per heavy atom. The number of carbonyl (C=O) groups is 1. The van der Waals surface area contributed by atoms with Crippen molar-refractivity contribution >= 4 is 21.8 Å². The van der Waals surface area contributed by atoms with Gasteiger partial charge in [-0.05, 0) is 19.3 Å². The quantitative estimate of drug-likeness (QED) is 0.512. The van der Waals surface area contributed by atoms with Crippen molar-refractivity contribution in [2.45, 2.75) is 70.8 Å². The molecule has 0 aromatic carbocycles. The van der Waals surface area contributed by atoms with Gasteiger partial charge in [0.1, 0.15) is 0 Å². The molecule has 0 aliphatic heterocycles. The summed E-state index contributed by atoms with van der Waals surface area (Å²) < 4.78 is 0. The molecule has 0 spiro atoms. The predicted octanol–water partition coefficient (Wildman–Crippen LogP) is 4.12. The number of halogens is 1. The van der Waals surface area contributed by atoms with Gasteiger partial charge >= 0.3 is 0 Å². The van der Waals surface area contributed by atoms with Crippen molar-refractivity contribution in [2.75, 3.05) is 11.9 Å². The molecule has 0 unspecified atom stereocenters. The number of nitrogens with zero attached hydrogens (tertiary/aromatic N) is 1. The van der Waals surface area contributed by atoms with Crippen LogP contribution in [-0.4, -0.2) is 28.7 Å². The number of alkyl halides is 1. The summed E-state index contributed by atoms with van der Waals surface area (Å²) in [6, 6.07) is 0.524. The fourth-order valence-electron chi connectivity index (χ4n) is 2.66. The van der Waals surface area contributed by atoms with E-state index < -0.39 is 0 Å². The Morgan fingerprint density at radius 2 is 1.94 bits per heavy atom. The highest BCUT2D eigenvalue weighted by Crippen LogP contribution is 2.23. The first-order valence-corrected chi connectivity index (χ1v) is 8.27. The molecule has 1 aliphatic rings. The number of hydrogen-bond acceptors (Lipinski definition) is 1. The van der Waals surface area contributed by atoms with Gasteiger partial charge in [-0.3, -0.25) is 4.79 Å². The molecule has 17 heavy (non-hydrogen) atoms. The molecule has 1 fully saturated rings. The van der Waals surface area contributed by atoms with Crippen molar-refractivity contribution in [1.82, 2.24) is 4.90 Å². The molecule has 0 aromatic heterocycles. The van der Waals surface area contributed by atoms with Crippen molar-refractivity contribution in [3.63, 3.8) is 0 Å². The zero-order valence-corrected chi connectivity index (χ0v) is 12.7. The highest BCUT2D eigenvalue weighted by atomic mass is 79.9. The summed E-state index contributed by atoms with van der Waals surface area (Å²) in [5.74, 6) is 0.379. The maximum Gasteiger partial charge on any atom is 0.222 e. The van der Waals surface area contributed by atoms with Crippen LogP contribution in [0.1, 0.15) is 64.7 Å². The summed E-state index contributed by atoms with van der Waals surface area (Å²) in [6.07, 6.45) is 10.5. The van der Waals surface area contributed by atoms with E-state index in [2.05, 4.69) is 27.8 Å². The highest BCUT2D eigenvalue weighted by Gasteiger charge is 2.24. The molecule has 1 saturated carbocycles. The van der Waals surface area contributed by atoms with Crippen LogP contribution in [0.3, 0.4) is 0 Å². The van der Waals surface area contributed by atoms with Crippen molar-refractivity contribution in [3.8, 4) is 0 Å².